The molecule has 1 N–H and O–H groups in total. The first-order valence-electron chi connectivity index (χ1n) is 9.92. The Labute approximate surface area is 167 Å². The quantitative estimate of drug-likeness (QED) is 0.467. The molecule has 0 heterocycles. The average Bonchev–Trinajstić information content (AvgIpc) is 2.75. The topological polar surface area (TPSA) is 38.7 Å². The molecule has 0 unspecified atom stereocenters. The van der Waals surface area contributed by atoms with Crippen LogP contribution in [0.4, 0.5) is 0 Å². The summed E-state index contributed by atoms with van der Waals surface area (Å²) in [7, 11) is 0. The van der Waals surface area contributed by atoms with Crippen molar-refractivity contribution in [3.8, 4) is 11.5 Å². The van der Waals surface area contributed by atoms with Crippen molar-refractivity contribution in [1.29, 1.82) is 0 Å². The van der Waals surface area contributed by atoms with E-state index in [0.717, 1.165) is 42.7 Å². The second-order valence-electron chi connectivity index (χ2n) is 6.82. The Morgan fingerprint density at radius 1 is 0.607 bits per heavy atom. The molecule has 0 fully saturated rings. The van der Waals surface area contributed by atoms with Crippen LogP contribution in [0.2, 0.25) is 0 Å². The third kappa shape index (κ3) is 6.43. The van der Waals surface area contributed by atoms with E-state index in [0.29, 0.717) is 13.2 Å². The molecule has 3 rings (SSSR count). The Hall–Kier alpha value is -2.78. The summed E-state index contributed by atoms with van der Waals surface area (Å²) in [6.45, 7) is 1.35. The van der Waals surface area contributed by atoms with Gasteiger partial charge in [0.1, 0.15) is 6.61 Å². The lowest BCUT2D eigenvalue weighted by Gasteiger charge is -2.15. The highest BCUT2D eigenvalue weighted by molar-refractivity contribution is 5.43. The number of rotatable bonds is 11. The predicted octanol–water partition coefficient (Wildman–Crippen LogP) is 5.20. The molecule has 0 saturated heterocycles. The molecule has 0 bridgehead atoms. The zero-order valence-corrected chi connectivity index (χ0v) is 16.2. The molecule has 0 saturated carbocycles. The Bertz CT molecular complexity index is 816. The molecule has 0 amide bonds. The van der Waals surface area contributed by atoms with Crippen molar-refractivity contribution in [1.82, 2.24) is 0 Å². The van der Waals surface area contributed by atoms with Gasteiger partial charge in [0.25, 0.3) is 0 Å². The lowest BCUT2D eigenvalue weighted by molar-refractivity contribution is 0.263. The van der Waals surface area contributed by atoms with Gasteiger partial charge in [-0.1, -0.05) is 66.7 Å². The Morgan fingerprint density at radius 2 is 1.32 bits per heavy atom. The minimum absolute atomic E-state index is 0.235. The van der Waals surface area contributed by atoms with Crippen molar-refractivity contribution in [2.75, 3.05) is 13.2 Å². The van der Waals surface area contributed by atoms with Gasteiger partial charge < -0.3 is 14.6 Å². The molecule has 0 aromatic heterocycles. The highest BCUT2D eigenvalue weighted by atomic mass is 16.5. The van der Waals surface area contributed by atoms with Gasteiger partial charge in [-0.15, -0.1) is 0 Å². The van der Waals surface area contributed by atoms with Crippen LogP contribution in [0.1, 0.15) is 29.5 Å². The van der Waals surface area contributed by atoms with E-state index < -0.39 is 0 Å². The van der Waals surface area contributed by atoms with Gasteiger partial charge in [-0.2, -0.15) is 0 Å². The third-order valence-electron chi connectivity index (χ3n) is 4.61. The number of hydrogen-bond donors (Lipinski definition) is 1. The maximum absolute atomic E-state index is 9.00. The lowest BCUT2D eigenvalue weighted by atomic mass is 10.1. The summed E-state index contributed by atoms with van der Waals surface area (Å²) in [5.41, 5.74) is 3.59. The number of ether oxygens (including phenoxy) is 2. The van der Waals surface area contributed by atoms with Crippen molar-refractivity contribution >= 4 is 0 Å². The first kappa shape index (κ1) is 20.0. The number of aliphatic hydroxyl groups excluding tert-OH is 1. The summed E-state index contributed by atoms with van der Waals surface area (Å²) in [6.07, 6.45) is 3.56. The van der Waals surface area contributed by atoms with E-state index in [9.17, 15) is 0 Å². The van der Waals surface area contributed by atoms with Crippen molar-refractivity contribution < 1.29 is 14.6 Å². The average molecular weight is 376 g/mol. The van der Waals surface area contributed by atoms with Crippen LogP contribution in [0.3, 0.4) is 0 Å². The highest BCUT2D eigenvalue weighted by Gasteiger charge is 2.08. The van der Waals surface area contributed by atoms with Crippen molar-refractivity contribution in [3.63, 3.8) is 0 Å². The molecule has 3 heteroatoms. The van der Waals surface area contributed by atoms with Gasteiger partial charge >= 0.3 is 0 Å². The second-order valence-corrected chi connectivity index (χ2v) is 6.82. The number of aryl methyl sites for hydroxylation is 1. The Balaban J connectivity index is 1.65. The summed E-state index contributed by atoms with van der Waals surface area (Å²) < 4.78 is 12.1. The molecule has 146 valence electrons. The first-order chi connectivity index (χ1) is 13.8. The van der Waals surface area contributed by atoms with Gasteiger partial charge in [-0.3, -0.25) is 0 Å². The molecular weight excluding hydrogens is 348 g/mol. The fourth-order valence-corrected chi connectivity index (χ4v) is 3.04. The summed E-state index contributed by atoms with van der Waals surface area (Å²) in [5.74, 6) is 1.55. The summed E-state index contributed by atoms with van der Waals surface area (Å²) in [5, 5.41) is 9.00. The monoisotopic (exact) mass is 376 g/mol. The molecular formula is C25H28O3. The maximum atomic E-state index is 9.00. The van der Waals surface area contributed by atoms with E-state index in [1.54, 1.807) is 0 Å². The fraction of sp³-hybridized carbons (Fsp3) is 0.280. The SMILES string of the molecule is OCCCCc1ccc(OCc2ccccc2)c(OCCc2ccccc2)c1. The van der Waals surface area contributed by atoms with Crippen LogP contribution in [0, 0.1) is 0 Å². The van der Waals surface area contributed by atoms with Gasteiger partial charge in [0.05, 0.1) is 6.61 Å². The van der Waals surface area contributed by atoms with Crippen molar-refractivity contribution in [2.45, 2.75) is 32.3 Å². The first-order valence-corrected chi connectivity index (χ1v) is 9.92. The summed E-state index contributed by atoms with van der Waals surface area (Å²) >= 11 is 0. The highest BCUT2D eigenvalue weighted by Crippen LogP contribution is 2.30. The lowest BCUT2D eigenvalue weighted by Crippen LogP contribution is -2.04. The largest absolute Gasteiger partial charge is 0.489 e. The number of benzene rings is 3. The maximum Gasteiger partial charge on any atom is 0.161 e. The molecule has 0 aliphatic carbocycles. The molecule has 3 aromatic carbocycles. The minimum atomic E-state index is 0.235. The van der Waals surface area contributed by atoms with Crippen molar-refractivity contribution in [2.24, 2.45) is 0 Å². The number of unbranched alkanes of at least 4 members (excludes halogenated alkanes) is 1. The van der Waals surface area contributed by atoms with Crippen LogP contribution in [-0.2, 0) is 19.4 Å². The molecule has 3 nitrogen and oxygen atoms in total. The normalized spacial score (nSPS) is 10.6. The minimum Gasteiger partial charge on any atom is -0.489 e. The fourth-order valence-electron chi connectivity index (χ4n) is 3.04. The molecule has 0 aliphatic rings. The van der Waals surface area contributed by atoms with Gasteiger partial charge in [0.15, 0.2) is 11.5 Å². The number of aliphatic hydroxyl groups is 1. The van der Waals surface area contributed by atoms with Crippen LogP contribution < -0.4 is 9.47 Å². The van der Waals surface area contributed by atoms with Crippen LogP contribution in [-0.4, -0.2) is 18.3 Å². The van der Waals surface area contributed by atoms with Crippen LogP contribution in [0.15, 0.2) is 78.9 Å². The zero-order valence-electron chi connectivity index (χ0n) is 16.2. The standard InChI is InChI=1S/C25H28O3/c26-17-8-7-11-22-14-15-24(28-20-23-12-5-2-6-13-23)25(19-22)27-18-16-21-9-3-1-4-10-21/h1-6,9-10,12-15,19,26H,7-8,11,16-18,20H2. The number of hydrogen-bond acceptors (Lipinski definition) is 3. The predicted molar refractivity (Wildman–Crippen MR) is 113 cm³/mol. The van der Waals surface area contributed by atoms with E-state index in [1.807, 2.05) is 42.5 Å². The third-order valence-corrected chi connectivity index (χ3v) is 4.61. The molecule has 28 heavy (non-hydrogen) atoms. The van der Waals surface area contributed by atoms with Crippen LogP contribution in [0.25, 0.3) is 0 Å². The molecule has 3 aromatic rings. The van der Waals surface area contributed by atoms with Crippen molar-refractivity contribution in [3.05, 3.63) is 95.6 Å². The van der Waals surface area contributed by atoms with E-state index in [4.69, 9.17) is 14.6 Å². The van der Waals surface area contributed by atoms with Gasteiger partial charge in [0.2, 0.25) is 0 Å². The van der Waals surface area contributed by atoms with E-state index in [2.05, 4.69) is 36.4 Å². The Kier molecular flexibility index (Phi) is 7.95. The van der Waals surface area contributed by atoms with Gasteiger partial charge in [-0.05, 0) is 48.1 Å². The van der Waals surface area contributed by atoms with Crippen LogP contribution in [0.5, 0.6) is 11.5 Å². The van der Waals surface area contributed by atoms with Crippen LogP contribution >= 0.6 is 0 Å². The molecule has 0 spiro atoms. The second kappa shape index (κ2) is 11.2. The molecule has 0 radical (unpaired) electrons. The summed E-state index contributed by atoms with van der Waals surface area (Å²) in [6, 6.07) is 26.6. The Morgan fingerprint density at radius 3 is 2.04 bits per heavy atom. The zero-order chi connectivity index (χ0) is 19.4. The van der Waals surface area contributed by atoms with Gasteiger partial charge in [0, 0.05) is 13.0 Å². The van der Waals surface area contributed by atoms with E-state index >= 15 is 0 Å². The molecule has 0 atom stereocenters. The molecule has 0 aliphatic heterocycles. The smallest absolute Gasteiger partial charge is 0.161 e. The van der Waals surface area contributed by atoms with Gasteiger partial charge in [-0.25, -0.2) is 0 Å². The summed E-state index contributed by atoms with van der Waals surface area (Å²) in [4.78, 5) is 0. The van der Waals surface area contributed by atoms with E-state index in [1.165, 1.54) is 11.1 Å². The van der Waals surface area contributed by atoms with E-state index in [-0.39, 0.29) is 6.61 Å².